The van der Waals surface area contributed by atoms with Gasteiger partial charge in [-0.2, -0.15) is 13.2 Å². The summed E-state index contributed by atoms with van der Waals surface area (Å²) in [5.41, 5.74) is 2.08. The number of nitrogens with zero attached hydrogens (tertiary/aromatic N) is 5. The minimum Gasteiger partial charge on any atom is -0.354 e. The Balaban J connectivity index is 1.40. The molecule has 4 rings (SSSR count). The summed E-state index contributed by atoms with van der Waals surface area (Å²) in [5, 5.41) is 0. The van der Waals surface area contributed by atoms with Crippen molar-refractivity contribution in [2.75, 3.05) is 44.2 Å². The topological polar surface area (TPSA) is 52.6 Å². The molecule has 28 heavy (non-hydrogen) atoms. The van der Waals surface area contributed by atoms with E-state index in [0.29, 0.717) is 38.5 Å². The fourth-order valence-electron chi connectivity index (χ4n) is 4.15. The summed E-state index contributed by atoms with van der Waals surface area (Å²) in [6.07, 6.45) is -1.58. The SMILES string of the molecule is Cc1nc(C2CC2)nc(N2CCN(C3CCN(CC(F)(F)F)C3=O)CC2)c1C. The van der Waals surface area contributed by atoms with Gasteiger partial charge in [-0.1, -0.05) is 0 Å². The predicted octanol–water partition coefficient (Wildman–Crippen LogP) is 2.26. The van der Waals surface area contributed by atoms with Gasteiger partial charge in [-0.25, -0.2) is 9.97 Å². The van der Waals surface area contributed by atoms with Crippen molar-refractivity contribution in [3.05, 3.63) is 17.1 Å². The van der Waals surface area contributed by atoms with Gasteiger partial charge in [-0.15, -0.1) is 0 Å². The van der Waals surface area contributed by atoms with Gasteiger partial charge in [-0.05, 0) is 33.1 Å². The highest BCUT2D eigenvalue weighted by Crippen LogP contribution is 2.39. The number of amides is 1. The zero-order valence-corrected chi connectivity index (χ0v) is 16.3. The van der Waals surface area contributed by atoms with E-state index in [-0.39, 0.29) is 6.54 Å². The van der Waals surface area contributed by atoms with Gasteiger partial charge in [0.2, 0.25) is 5.91 Å². The maximum Gasteiger partial charge on any atom is 0.406 e. The van der Waals surface area contributed by atoms with Gasteiger partial charge in [0.05, 0.1) is 6.04 Å². The number of halogens is 3. The molecule has 1 aliphatic carbocycles. The molecule has 1 aromatic heterocycles. The number of aryl methyl sites for hydroxylation is 1. The molecule has 2 aliphatic heterocycles. The second-order valence-electron chi connectivity index (χ2n) is 8.09. The van der Waals surface area contributed by atoms with Crippen LogP contribution in [0.5, 0.6) is 0 Å². The Labute approximate surface area is 162 Å². The summed E-state index contributed by atoms with van der Waals surface area (Å²) in [5.74, 6) is 1.98. The number of aromatic nitrogens is 2. The molecule has 0 bridgehead atoms. The van der Waals surface area contributed by atoms with Crippen molar-refractivity contribution in [3.8, 4) is 0 Å². The number of hydrogen-bond acceptors (Lipinski definition) is 5. The van der Waals surface area contributed by atoms with Crippen LogP contribution in [0.4, 0.5) is 19.0 Å². The van der Waals surface area contributed by atoms with E-state index < -0.39 is 24.7 Å². The molecule has 0 aromatic carbocycles. The van der Waals surface area contributed by atoms with Crippen molar-refractivity contribution in [1.82, 2.24) is 19.8 Å². The molecule has 154 valence electrons. The Hall–Kier alpha value is -1.90. The van der Waals surface area contributed by atoms with Crippen LogP contribution in [0.2, 0.25) is 0 Å². The first kappa shape index (κ1) is 19.4. The Morgan fingerprint density at radius 1 is 1.00 bits per heavy atom. The fourth-order valence-corrected chi connectivity index (χ4v) is 4.15. The van der Waals surface area contributed by atoms with Crippen molar-refractivity contribution in [2.45, 2.75) is 51.2 Å². The molecule has 6 nitrogen and oxygen atoms in total. The highest BCUT2D eigenvalue weighted by atomic mass is 19.4. The predicted molar refractivity (Wildman–Crippen MR) is 98.3 cm³/mol. The summed E-state index contributed by atoms with van der Waals surface area (Å²) in [4.78, 5) is 27.0. The van der Waals surface area contributed by atoms with E-state index in [1.807, 2.05) is 18.7 Å². The Morgan fingerprint density at radius 2 is 1.68 bits per heavy atom. The second kappa shape index (κ2) is 7.17. The van der Waals surface area contributed by atoms with E-state index in [1.54, 1.807) is 0 Å². The third-order valence-electron chi connectivity index (χ3n) is 6.02. The first-order valence-electron chi connectivity index (χ1n) is 9.92. The van der Waals surface area contributed by atoms with E-state index in [1.165, 1.54) is 0 Å². The molecule has 3 aliphatic rings. The Bertz CT molecular complexity index is 757. The number of carbonyl (C=O) groups is 1. The van der Waals surface area contributed by atoms with Gasteiger partial charge in [-0.3, -0.25) is 9.69 Å². The van der Waals surface area contributed by atoms with Crippen molar-refractivity contribution in [3.63, 3.8) is 0 Å². The zero-order valence-electron chi connectivity index (χ0n) is 16.3. The minimum absolute atomic E-state index is 0.179. The zero-order chi connectivity index (χ0) is 20.1. The standard InChI is InChI=1S/C19H26F3N5O/c1-12-13(2)23-16(14-3-4-14)24-17(12)26-9-7-25(8-10-26)15-5-6-27(18(15)28)11-19(20,21)22/h14-15H,3-11H2,1-2H3. The van der Waals surface area contributed by atoms with Gasteiger partial charge in [0, 0.05) is 49.9 Å². The highest BCUT2D eigenvalue weighted by Gasteiger charge is 2.42. The maximum absolute atomic E-state index is 12.6. The second-order valence-corrected chi connectivity index (χ2v) is 8.09. The summed E-state index contributed by atoms with van der Waals surface area (Å²) >= 11 is 0. The van der Waals surface area contributed by atoms with Gasteiger partial charge in [0.25, 0.3) is 0 Å². The van der Waals surface area contributed by atoms with Crippen molar-refractivity contribution < 1.29 is 18.0 Å². The van der Waals surface area contributed by atoms with Crippen LogP contribution in [0.3, 0.4) is 0 Å². The lowest BCUT2D eigenvalue weighted by atomic mass is 10.1. The number of piperazine rings is 1. The van der Waals surface area contributed by atoms with E-state index >= 15 is 0 Å². The smallest absolute Gasteiger partial charge is 0.354 e. The molecule has 1 amide bonds. The lowest BCUT2D eigenvalue weighted by Gasteiger charge is -2.38. The van der Waals surface area contributed by atoms with Crippen LogP contribution in [0, 0.1) is 13.8 Å². The number of rotatable bonds is 4. The van der Waals surface area contributed by atoms with Crippen molar-refractivity contribution in [1.29, 1.82) is 0 Å². The number of anilines is 1. The third kappa shape index (κ3) is 3.94. The monoisotopic (exact) mass is 397 g/mol. The Morgan fingerprint density at radius 3 is 2.29 bits per heavy atom. The largest absolute Gasteiger partial charge is 0.406 e. The maximum atomic E-state index is 12.6. The molecule has 2 saturated heterocycles. The average Bonchev–Trinajstić information content (AvgIpc) is 3.42. The first-order chi connectivity index (χ1) is 13.2. The summed E-state index contributed by atoms with van der Waals surface area (Å²) < 4.78 is 37.9. The van der Waals surface area contributed by atoms with Gasteiger partial charge < -0.3 is 9.80 Å². The van der Waals surface area contributed by atoms with Crippen LogP contribution in [0.1, 0.15) is 42.3 Å². The third-order valence-corrected chi connectivity index (χ3v) is 6.02. The molecule has 0 radical (unpaired) electrons. The first-order valence-corrected chi connectivity index (χ1v) is 9.92. The molecule has 9 heteroatoms. The summed E-state index contributed by atoms with van der Waals surface area (Å²) in [7, 11) is 0. The van der Waals surface area contributed by atoms with E-state index in [0.717, 1.165) is 40.6 Å². The minimum atomic E-state index is -4.34. The molecule has 0 N–H and O–H groups in total. The summed E-state index contributed by atoms with van der Waals surface area (Å²) in [6, 6.07) is -0.431. The highest BCUT2D eigenvalue weighted by molar-refractivity contribution is 5.84. The van der Waals surface area contributed by atoms with Crippen LogP contribution < -0.4 is 4.90 Å². The number of hydrogen-bond donors (Lipinski definition) is 0. The molecule has 1 unspecified atom stereocenters. The Kier molecular flexibility index (Phi) is 4.97. The molecule has 1 saturated carbocycles. The number of likely N-dealkylation sites (tertiary alicyclic amines) is 1. The number of carbonyl (C=O) groups excluding carboxylic acids is 1. The van der Waals surface area contributed by atoms with Crippen LogP contribution in [-0.4, -0.2) is 77.2 Å². The van der Waals surface area contributed by atoms with Crippen molar-refractivity contribution in [2.24, 2.45) is 0 Å². The normalized spacial score (nSPS) is 24.3. The van der Waals surface area contributed by atoms with E-state index in [9.17, 15) is 18.0 Å². The van der Waals surface area contributed by atoms with Crippen molar-refractivity contribution >= 4 is 11.7 Å². The van der Waals surface area contributed by atoms with Crippen LogP contribution >= 0.6 is 0 Å². The average molecular weight is 397 g/mol. The van der Waals surface area contributed by atoms with Crippen LogP contribution in [-0.2, 0) is 4.79 Å². The molecule has 3 heterocycles. The van der Waals surface area contributed by atoms with Gasteiger partial charge in [0.15, 0.2) is 0 Å². The van der Waals surface area contributed by atoms with Gasteiger partial charge in [0.1, 0.15) is 18.2 Å². The molecular weight excluding hydrogens is 371 g/mol. The van der Waals surface area contributed by atoms with Crippen LogP contribution in [0.25, 0.3) is 0 Å². The number of alkyl halides is 3. The van der Waals surface area contributed by atoms with Crippen LogP contribution in [0.15, 0.2) is 0 Å². The fraction of sp³-hybridized carbons (Fsp3) is 0.737. The summed E-state index contributed by atoms with van der Waals surface area (Å²) in [6.45, 7) is 5.80. The molecule has 1 aromatic rings. The van der Waals surface area contributed by atoms with E-state index in [2.05, 4.69) is 9.88 Å². The molecule has 1 atom stereocenters. The molecule has 0 spiro atoms. The lowest BCUT2D eigenvalue weighted by molar-refractivity contribution is -0.159. The quantitative estimate of drug-likeness (QED) is 0.780. The van der Waals surface area contributed by atoms with Gasteiger partial charge >= 0.3 is 6.18 Å². The molecular formula is C19H26F3N5O. The van der Waals surface area contributed by atoms with E-state index in [4.69, 9.17) is 4.98 Å². The lowest BCUT2D eigenvalue weighted by Crippen LogP contribution is -2.53. The molecule has 3 fully saturated rings.